The monoisotopic (exact) mass is 397 g/mol. The summed E-state index contributed by atoms with van der Waals surface area (Å²) < 4.78 is 5.90. The summed E-state index contributed by atoms with van der Waals surface area (Å²) in [5.74, 6) is 0.881. The lowest BCUT2D eigenvalue weighted by Gasteiger charge is -2.17. The molecule has 0 saturated carbocycles. The van der Waals surface area contributed by atoms with Crippen molar-refractivity contribution in [3.63, 3.8) is 0 Å². The Kier molecular flexibility index (Phi) is 6.09. The molecule has 0 atom stereocenters. The van der Waals surface area contributed by atoms with Gasteiger partial charge in [-0.05, 0) is 65.6 Å². The molecule has 2 aromatic rings. The lowest BCUT2D eigenvalue weighted by Crippen LogP contribution is -2.32. The highest BCUT2D eigenvalue weighted by molar-refractivity contribution is 8.18. The van der Waals surface area contributed by atoms with Gasteiger partial charge in [-0.2, -0.15) is 0 Å². The first-order valence-electron chi connectivity index (χ1n) is 9.13. The number of nitrogens with zero attached hydrogens (tertiary/aromatic N) is 1. The smallest absolute Gasteiger partial charge is 0.293 e. The molecule has 146 valence electrons. The topological polar surface area (TPSA) is 66.8 Å². The highest BCUT2D eigenvalue weighted by Crippen LogP contribution is 2.33. The van der Waals surface area contributed by atoms with Gasteiger partial charge >= 0.3 is 0 Å². The van der Waals surface area contributed by atoms with Crippen LogP contribution in [-0.4, -0.2) is 34.3 Å². The number of thioether (sulfide) groups is 1. The number of aryl methyl sites for hydroxylation is 1. The Morgan fingerprint density at radius 2 is 1.96 bits per heavy atom. The molecule has 5 nitrogen and oxygen atoms in total. The van der Waals surface area contributed by atoms with Crippen LogP contribution in [0.2, 0.25) is 0 Å². The van der Waals surface area contributed by atoms with Crippen LogP contribution in [0.15, 0.2) is 47.4 Å². The van der Waals surface area contributed by atoms with Crippen molar-refractivity contribution in [2.45, 2.75) is 26.7 Å². The first-order chi connectivity index (χ1) is 13.3. The highest BCUT2D eigenvalue weighted by Gasteiger charge is 2.34. The largest absolute Gasteiger partial charge is 0.508 e. The molecule has 2 aromatic carbocycles. The summed E-state index contributed by atoms with van der Waals surface area (Å²) in [5, 5.41) is 9.24. The van der Waals surface area contributed by atoms with Crippen LogP contribution in [0.3, 0.4) is 0 Å². The van der Waals surface area contributed by atoms with Gasteiger partial charge in [0.05, 0.1) is 11.4 Å². The van der Waals surface area contributed by atoms with E-state index < -0.39 is 0 Å². The summed E-state index contributed by atoms with van der Waals surface area (Å²) >= 11 is 0.901. The van der Waals surface area contributed by atoms with Crippen LogP contribution in [0.4, 0.5) is 4.79 Å². The molecule has 1 fully saturated rings. The number of phenolic OH excluding ortho intramolecular Hbond substituents is 1. The van der Waals surface area contributed by atoms with E-state index >= 15 is 0 Å². The predicted octanol–water partition coefficient (Wildman–Crippen LogP) is 4.94. The number of amides is 2. The third-order valence-electron chi connectivity index (χ3n) is 4.41. The first kappa shape index (κ1) is 20.0. The Bertz CT molecular complexity index is 936. The number of ether oxygens (including phenoxy) is 1. The van der Waals surface area contributed by atoms with E-state index in [4.69, 9.17) is 4.74 Å². The maximum absolute atomic E-state index is 12.6. The number of rotatable bonds is 6. The molecule has 1 heterocycles. The molecule has 0 radical (unpaired) electrons. The normalized spacial score (nSPS) is 15.7. The third-order valence-corrected chi connectivity index (χ3v) is 5.31. The van der Waals surface area contributed by atoms with E-state index in [1.54, 1.807) is 30.3 Å². The van der Waals surface area contributed by atoms with E-state index in [-0.39, 0.29) is 30.0 Å². The summed E-state index contributed by atoms with van der Waals surface area (Å²) in [4.78, 5) is 26.4. The minimum absolute atomic E-state index is 0.112. The van der Waals surface area contributed by atoms with Crippen molar-refractivity contribution in [2.75, 3.05) is 13.2 Å². The lowest BCUT2D eigenvalue weighted by atomic mass is 10.0. The Labute approximate surface area is 169 Å². The molecule has 1 aliphatic heterocycles. The standard InChI is InChI=1S/C22H23NO4S/c1-14(2)18-8-7-15(3)11-19(18)27-10-9-23-21(25)20(28-22(23)26)13-16-5-4-6-17(24)12-16/h4-8,11-14,24H,9-10H2,1-3H3/b20-13-. The van der Waals surface area contributed by atoms with Crippen molar-refractivity contribution in [1.82, 2.24) is 4.90 Å². The van der Waals surface area contributed by atoms with Crippen LogP contribution in [0.1, 0.15) is 36.5 Å². The molecule has 0 unspecified atom stereocenters. The van der Waals surface area contributed by atoms with Crippen LogP contribution >= 0.6 is 11.8 Å². The van der Waals surface area contributed by atoms with Crippen LogP contribution in [-0.2, 0) is 4.79 Å². The van der Waals surface area contributed by atoms with Gasteiger partial charge in [0.25, 0.3) is 11.1 Å². The van der Waals surface area contributed by atoms with Crippen LogP contribution in [0, 0.1) is 6.92 Å². The highest BCUT2D eigenvalue weighted by atomic mass is 32.2. The van der Waals surface area contributed by atoms with Crippen molar-refractivity contribution >= 4 is 29.0 Å². The zero-order valence-electron chi connectivity index (χ0n) is 16.1. The average Bonchev–Trinajstić information content (AvgIpc) is 2.89. The van der Waals surface area contributed by atoms with Gasteiger partial charge < -0.3 is 9.84 Å². The van der Waals surface area contributed by atoms with Crippen LogP contribution in [0.25, 0.3) is 6.08 Å². The Morgan fingerprint density at radius 1 is 1.18 bits per heavy atom. The lowest BCUT2D eigenvalue weighted by molar-refractivity contribution is -0.123. The van der Waals surface area contributed by atoms with Gasteiger partial charge in [-0.3, -0.25) is 14.5 Å². The van der Waals surface area contributed by atoms with Crippen LogP contribution in [0.5, 0.6) is 11.5 Å². The number of phenols is 1. The molecular weight excluding hydrogens is 374 g/mol. The zero-order chi connectivity index (χ0) is 20.3. The number of hydrogen-bond donors (Lipinski definition) is 1. The molecule has 2 amide bonds. The molecule has 28 heavy (non-hydrogen) atoms. The Hall–Kier alpha value is -2.73. The molecule has 1 N–H and O–H groups in total. The maximum atomic E-state index is 12.6. The Morgan fingerprint density at radius 3 is 2.68 bits per heavy atom. The molecule has 0 bridgehead atoms. The molecule has 1 saturated heterocycles. The number of aromatic hydroxyl groups is 1. The SMILES string of the molecule is Cc1ccc(C(C)C)c(OCCN2C(=O)S/C(=C\c3cccc(O)c3)C2=O)c1. The van der Waals surface area contributed by atoms with E-state index in [2.05, 4.69) is 13.8 Å². The summed E-state index contributed by atoms with van der Waals surface area (Å²) in [6.45, 7) is 6.62. The maximum Gasteiger partial charge on any atom is 0.293 e. The summed E-state index contributed by atoms with van der Waals surface area (Å²) in [7, 11) is 0. The minimum Gasteiger partial charge on any atom is -0.508 e. The fourth-order valence-electron chi connectivity index (χ4n) is 2.95. The number of imide groups is 1. The summed E-state index contributed by atoms with van der Waals surface area (Å²) in [5.41, 5.74) is 2.87. The van der Waals surface area contributed by atoms with E-state index in [9.17, 15) is 14.7 Å². The van der Waals surface area contributed by atoms with Crippen molar-refractivity contribution in [3.05, 3.63) is 64.1 Å². The van der Waals surface area contributed by atoms with Crippen molar-refractivity contribution < 1.29 is 19.4 Å². The quantitative estimate of drug-likeness (QED) is 0.700. The first-order valence-corrected chi connectivity index (χ1v) is 9.94. The number of carbonyl (C=O) groups excluding carboxylic acids is 2. The van der Waals surface area contributed by atoms with Crippen molar-refractivity contribution in [1.29, 1.82) is 0 Å². The average molecular weight is 397 g/mol. The second kappa shape index (κ2) is 8.52. The zero-order valence-corrected chi connectivity index (χ0v) is 17.0. The van der Waals surface area contributed by atoms with Crippen LogP contribution < -0.4 is 4.74 Å². The molecule has 0 aliphatic carbocycles. The Balaban J connectivity index is 1.67. The summed E-state index contributed by atoms with van der Waals surface area (Å²) in [6, 6.07) is 12.6. The van der Waals surface area contributed by atoms with Gasteiger partial charge in [0, 0.05) is 0 Å². The van der Waals surface area contributed by atoms with Gasteiger partial charge in [0.2, 0.25) is 0 Å². The molecular formula is C22H23NO4S. The third kappa shape index (κ3) is 4.57. The molecule has 1 aliphatic rings. The fraction of sp³-hybridized carbons (Fsp3) is 0.273. The minimum atomic E-state index is -0.338. The molecule has 6 heteroatoms. The van der Waals surface area contributed by atoms with Gasteiger partial charge in [-0.25, -0.2) is 0 Å². The van der Waals surface area contributed by atoms with E-state index in [1.807, 2.05) is 25.1 Å². The van der Waals surface area contributed by atoms with E-state index in [1.165, 1.54) is 4.90 Å². The van der Waals surface area contributed by atoms with Gasteiger partial charge in [0.1, 0.15) is 18.1 Å². The summed E-state index contributed by atoms with van der Waals surface area (Å²) in [6.07, 6.45) is 1.61. The number of carbonyl (C=O) groups is 2. The van der Waals surface area contributed by atoms with Crippen molar-refractivity contribution in [3.8, 4) is 11.5 Å². The fourth-order valence-corrected chi connectivity index (χ4v) is 3.81. The second-order valence-corrected chi connectivity index (χ2v) is 7.97. The molecule has 0 aromatic heterocycles. The van der Waals surface area contributed by atoms with Crippen molar-refractivity contribution in [2.24, 2.45) is 0 Å². The van der Waals surface area contributed by atoms with E-state index in [0.717, 1.165) is 28.6 Å². The van der Waals surface area contributed by atoms with Gasteiger partial charge in [-0.1, -0.05) is 38.1 Å². The number of benzene rings is 2. The second-order valence-electron chi connectivity index (χ2n) is 6.97. The van der Waals surface area contributed by atoms with E-state index in [0.29, 0.717) is 16.4 Å². The van der Waals surface area contributed by atoms with Gasteiger partial charge in [0.15, 0.2) is 0 Å². The number of hydrogen-bond acceptors (Lipinski definition) is 5. The van der Waals surface area contributed by atoms with Gasteiger partial charge in [-0.15, -0.1) is 0 Å². The molecule has 3 rings (SSSR count). The molecule has 0 spiro atoms. The predicted molar refractivity (Wildman–Crippen MR) is 112 cm³/mol.